The van der Waals surface area contributed by atoms with Crippen LogP contribution in [0.5, 0.6) is 0 Å². The Labute approximate surface area is 139 Å². The molecule has 6 heteroatoms. The van der Waals surface area contributed by atoms with E-state index >= 15 is 0 Å². The Morgan fingerprint density at radius 2 is 2.13 bits per heavy atom. The van der Waals surface area contributed by atoms with Gasteiger partial charge < -0.3 is 10.1 Å². The molecule has 0 aromatic heterocycles. The average molecular weight is 330 g/mol. The first kappa shape index (κ1) is 17.1. The minimum absolute atomic E-state index is 0.0647. The van der Waals surface area contributed by atoms with Gasteiger partial charge in [0, 0.05) is 12.3 Å². The molecule has 0 bridgehead atoms. The fraction of sp³-hybridized carbons (Fsp3) is 0.353. The molecule has 0 radical (unpaired) electrons. The maximum atomic E-state index is 12.0. The number of nitrogens with zero attached hydrogens (tertiary/aromatic N) is 1. The van der Waals surface area contributed by atoms with E-state index in [-0.39, 0.29) is 30.0 Å². The molecule has 120 valence electrons. The van der Waals surface area contributed by atoms with E-state index in [1.807, 2.05) is 31.2 Å². The van der Waals surface area contributed by atoms with Gasteiger partial charge in [0.05, 0.1) is 29.0 Å². The van der Waals surface area contributed by atoms with Gasteiger partial charge in [-0.25, -0.2) is 0 Å². The SMILES string of the molecule is CCOC(=O)CSC1=C(C#N)[C@H](c2ccc(C)cc2)CC(=O)N1. The molecule has 2 rings (SSSR count). The van der Waals surface area contributed by atoms with E-state index in [0.29, 0.717) is 17.2 Å². The minimum atomic E-state index is -0.367. The third-order valence-electron chi connectivity index (χ3n) is 3.48. The van der Waals surface area contributed by atoms with Gasteiger partial charge in [0.1, 0.15) is 0 Å². The van der Waals surface area contributed by atoms with Crippen LogP contribution < -0.4 is 5.32 Å². The van der Waals surface area contributed by atoms with Crippen molar-refractivity contribution in [2.45, 2.75) is 26.2 Å². The lowest BCUT2D eigenvalue weighted by Gasteiger charge is -2.25. The normalized spacial score (nSPS) is 17.4. The summed E-state index contributed by atoms with van der Waals surface area (Å²) in [7, 11) is 0. The standard InChI is InChI=1S/C17H18N2O3S/c1-3-22-16(21)10-23-17-14(9-18)13(8-15(20)19-17)12-6-4-11(2)5-7-12/h4-7,13H,3,8,10H2,1-2H3,(H,19,20)/t13-/m0/s1. The van der Waals surface area contributed by atoms with Crippen molar-refractivity contribution in [2.24, 2.45) is 0 Å². The fourth-order valence-electron chi connectivity index (χ4n) is 2.35. The smallest absolute Gasteiger partial charge is 0.316 e. The van der Waals surface area contributed by atoms with Gasteiger partial charge in [0.25, 0.3) is 0 Å². The molecule has 1 aromatic rings. The van der Waals surface area contributed by atoms with E-state index in [2.05, 4.69) is 11.4 Å². The van der Waals surface area contributed by atoms with Crippen molar-refractivity contribution in [1.82, 2.24) is 5.32 Å². The van der Waals surface area contributed by atoms with Crippen molar-refractivity contribution in [3.05, 3.63) is 46.0 Å². The molecule has 0 saturated heterocycles. The minimum Gasteiger partial charge on any atom is -0.465 e. The van der Waals surface area contributed by atoms with Crippen LogP contribution in [-0.2, 0) is 14.3 Å². The van der Waals surface area contributed by atoms with E-state index in [9.17, 15) is 14.9 Å². The van der Waals surface area contributed by atoms with Gasteiger partial charge >= 0.3 is 5.97 Å². The number of benzene rings is 1. The van der Waals surface area contributed by atoms with Gasteiger partial charge in [0.15, 0.2) is 0 Å². The van der Waals surface area contributed by atoms with Crippen LogP contribution in [0.4, 0.5) is 0 Å². The zero-order chi connectivity index (χ0) is 16.8. The molecule has 5 nitrogen and oxygen atoms in total. The number of amides is 1. The van der Waals surface area contributed by atoms with Crippen LogP contribution in [0.3, 0.4) is 0 Å². The summed E-state index contributed by atoms with van der Waals surface area (Å²) in [6.45, 7) is 4.03. The van der Waals surface area contributed by atoms with Crippen molar-refractivity contribution in [3.8, 4) is 6.07 Å². The number of carbonyl (C=O) groups is 2. The lowest BCUT2D eigenvalue weighted by atomic mass is 9.87. The topological polar surface area (TPSA) is 79.2 Å². The van der Waals surface area contributed by atoms with Gasteiger partial charge in [-0.2, -0.15) is 5.26 Å². The monoisotopic (exact) mass is 330 g/mol. The summed E-state index contributed by atoms with van der Waals surface area (Å²) < 4.78 is 4.88. The third-order valence-corrected chi connectivity index (χ3v) is 4.47. The Balaban J connectivity index is 2.26. The fourth-order valence-corrected chi connectivity index (χ4v) is 3.23. The molecule has 0 fully saturated rings. The van der Waals surface area contributed by atoms with Gasteiger partial charge in [-0.05, 0) is 19.4 Å². The van der Waals surface area contributed by atoms with Crippen LogP contribution in [-0.4, -0.2) is 24.2 Å². The largest absolute Gasteiger partial charge is 0.465 e. The van der Waals surface area contributed by atoms with Crippen LogP contribution in [0.2, 0.25) is 0 Å². The second-order valence-corrected chi connectivity index (χ2v) is 6.15. The van der Waals surface area contributed by atoms with Crippen molar-refractivity contribution < 1.29 is 14.3 Å². The zero-order valence-corrected chi connectivity index (χ0v) is 13.9. The Morgan fingerprint density at radius 3 is 2.74 bits per heavy atom. The quantitative estimate of drug-likeness (QED) is 0.840. The number of hydrogen-bond donors (Lipinski definition) is 1. The number of allylic oxidation sites excluding steroid dienone is 1. The maximum absolute atomic E-state index is 12.0. The van der Waals surface area contributed by atoms with E-state index < -0.39 is 0 Å². The summed E-state index contributed by atoms with van der Waals surface area (Å²) in [6, 6.07) is 9.97. The van der Waals surface area contributed by atoms with E-state index in [1.165, 1.54) is 0 Å². The number of rotatable bonds is 5. The number of carbonyl (C=O) groups excluding carboxylic acids is 2. The van der Waals surface area contributed by atoms with E-state index in [0.717, 1.165) is 22.9 Å². The first-order valence-electron chi connectivity index (χ1n) is 7.34. The van der Waals surface area contributed by atoms with Crippen LogP contribution in [0.15, 0.2) is 34.9 Å². The molecule has 1 aromatic carbocycles. The number of ether oxygens (including phenoxy) is 1. The molecular formula is C17H18N2O3S. The van der Waals surface area contributed by atoms with Gasteiger partial charge in [-0.1, -0.05) is 41.6 Å². The molecule has 1 amide bonds. The van der Waals surface area contributed by atoms with Crippen LogP contribution >= 0.6 is 11.8 Å². The molecule has 1 aliphatic rings. The molecule has 0 aliphatic carbocycles. The summed E-state index contributed by atoms with van der Waals surface area (Å²) in [5.74, 6) is -0.733. The molecule has 1 N–H and O–H groups in total. The van der Waals surface area contributed by atoms with Crippen LogP contribution in [0, 0.1) is 18.3 Å². The summed E-state index contributed by atoms with van der Waals surface area (Å²) in [4.78, 5) is 23.5. The van der Waals surface area contributed by atoms with Crippen molar-refractivity contribution >= 4 is 23.6 Å². The van der Waals surface area contributed by atoms with Gasteiger partial charge in [0.2, 0.25) is 5.91 Å². The molecular weight excluding hydrogens is 312 g/mol. The van der Waals surface area contributed by atoms with Crippen molar-refractivity contribution in [2.75, 3.05) is 12.4 Å². The molecule has 0 spiro atoms. The maximum Gasteiger partial charge on any atom is 0.316 e. The summed E-state index contributed by atoms with van der Waals surface area (Å²) in [5.41, 5.74) is 2.53. The summed E-state index contributed by atoms with van der Waals surface area (Å²) in [5, 5.41) is 12.7. The lowest BCUT2D eigenvalue weighted by Crippen LogP contribution is -2.31. The Morgan fingerprint density at radius 1 is 1.43 bits per heavy atom. The lowest BCUT2D eigenvalue weighted by molar-refractivity contribution is -0.139. The van der Waals surface area contributed by atoms with Crippen LogP contribution in [0.1, 0.15) is 30.4 Å². The Kier molecular flexibility index (Phi) is 5.83. The summed E-state index contributed by atoms with van der Waals surface area (Å²) >= 11 is 1.13. The first-order chi connectivity index (χ1) is 11.0. The zero-order valence-electron chi connectivity index (χ0n) is 13.1. The second kappa shape index (κ2) is 7.84. The van der Waals surface area contributed by atoms with E-state index in [1.54, 1.807) is 6.92 Å². The number of nitriles is 1. The van der Waals surface area contributed by atoms with Crippen LogP contribution in [0.25, 0.3) is 0 Å². The molecule has 0 unspecified atom stereocenters. The molecule has 23 heavy (non-hydrogen) atoms. The highest BCUT2D eigenvalue weighted by Gasteiger charge is 2.29. The van der Waals surface area contributed by atoms with Gasteiger partial charge in [-0.15, -0.1) is 0 Å². The number of nitrogens with one attached hydrogen (secondary N) is 1. The molecule has 1 atom stereocenters. The number of thioether (sulfide) groups is 1. The van der Waals surface area contributed by atoms with Crippen molar-refractivity contribution in [3.63, 3.8) is 0 Å². The number of esters is 1. The highest BCUT2D eigenvalue weighted by Crippen LogP contribution is 2.35. The van der Waals surface area contributed by atoms with Gasteiger partial charge in [-0.3, -0.25) is 9.59 Å². The Hall–Kier alpha value is -2.26. The molecule has 1 aliphatic heterocycles. The second-order valence-electron chi connectivity index (χ2n) is 5.16. The van der Waals surface area contributed by atoms with Crippen molar-refractivity contribution in [1.29, 1.82) is 5.26 Å². The average Bonchev–Trinajstić information content (AvgIpc) is 2.53. The first-order valence-corrected chi connectivity index (χ1v) is 8.32. The number of aryl methyl sites for hydroxylation is 1. The summed E-state index contributed by atoms with van der Waals surface area (Å²) in [6.07, 6.45) is 0.232. The third kappa shape index (κ3) is 4.36. The predicted molar refractivity (Wildman–Crippen MR) is 88.4 cm³/mol. The predicted octanol–water partition coefficient (Wildman–Crippen LogP) is 2.63. The molecule has 1 heterocycles. The highest BCUT2D eigenvalue weighted by atomic mass is 32.2. The molecule has 0 saturated carbocycles. The highest BCUT2D eigenvalue weighted by molar-refractivity contribution is 8.03. The van der Waals surface area contributed by atoms with E-state index in [4.69, 9.17) is 4.74 Å². The Bertz CT molecular complexity index is 674. The number of hydrogen-bond acceptors (Lipinski definition) is 5.